The molecule has 2 atom stereocenters. The monoisotopic (exact) mass is 340 g/mol. The molecule has 2 amide bonds. The number of hydrogen-bond donors (Lipinski definition) is 1. The maximum absolute atomic E-state index is 12.3. The minimum absolute atomic E-state index is 0.0255. The van der Waals surface area contributed by atoms with Gasteiger partial charge in [0.2, 0.25) is 5.91 Å². The van der Waals surface area contributed by atoms with Crippen LogP contribution in [0.25, 0.3) is 0 Å². The maximum Gasteiger partial charge on any atom is 0.410 e. The second-order valence-electron chi connectivity index (χ2n) is 7.49. The van der Waals surface area contributed by atoms with Crippen LogP contribution < -0.4 is 5.32 Å². The van der Waals surface area contributed by atoms with Gasteiger partial charge in [0.15, 0.2) is 0 Å². The minimum atomic E-state index is -0.546. The zero-order valence-electron chi connectivity index (χ0n) is 14.8. The van der Waals surface area contributed by atoms with E-state index in [-0.39, 0.29) is 36.5 Å². The first-order valence-electron chi connectivity index (χ1n) is 8.69. The molecule has 2 rings (SSSR count). The first kappa shape index (κ1) is 18.5. The van der Waals surface area contributed by atoms with Gasteiger partial charge in [-0.25, -0.2) is 4.79 Å². The zero-order chi connectivity index (χ0) is 17.7. The summed E-state index contributed by atoms with van der Waals surface area (Å²) in [7, 11) is 0. The number of piperidine rings is 2. The second-order valence-corrected chi connectivity index (χ2v) is 7.49. The van der Waals surface area contributed by atoms with Crippen molar-refractivity contribution in [3.63, 3.8) is 0 Å². The third-order valence-electron chi connectivity index (χ3n) is 4.27. The Morgan fingerprint density at radius 1 is 1.25 bits per heavy atom. The highest BCUT2D eigenvalue weighted by Gasteiger charge is 2.32. The van der Waals surface area contributed by atoms with Crippen LogP contribution >= 0.6 is 0 Å². The number of rotatable bonds is 3. The van der Waals surface area contributed by atoms with E-state index in [1.165, 1.54) is 0 Å². The summed E-state index contributed by atoms with van der Waals surface area (Å²) >= 11 is 0. The molecule has 0 aromatic carbocycles. The fraction of sp³-hybridized carbons (Fsp3) is 0.824. The van der Waals surface area contributed by atoms with Gasteiger partial charge in [0, 0.05) is 19.5 Å². The molecule has 0 bridgehead atoms. The fourth-order valence-electron chi connectivity index (χ4n) is 2.96. The third kappa shape index (κ3) is 5.39. The standard InChI is InChI=1S/C17H28N2O5/c1-17(2,3)24-16(22)19-9-5-4-6-13(19)11-23-15(21)12-7-8-14(20)18-10-12/h12-13H,4-11H2,1-3H3,(H,18,20)/t12-,13+/m1/s1. The molecule has 136 valence electrons. The third-order valence-corrected chi connectivity index (χ3v) is 4.27. The summed E-state index contributed by atoms with van der Waals surface area (Å²) in [6.07, 6.45) is 3.25. The second kappa shape index (κ2) is 7.85. The molecule has 1 N–H and O–H groups in total. The zero-order valence-corrected chi connectivity index (χ0v) is 14.8. The van der Waals surface area contributed by atoms with E-state index in [1.54, 1.807) is 4.90 Å². The van der Waals surface area contributed by atoms with Crippen molar-refractivity contribution in [1.29, 1.82) is 0 Å². The van der Waals surface area contributed by atoms with Gasteiger partial charge in [0.25, 0.3) is 0 Å². The average Bonchev–Trinajstić information content (AvgIpc) is 2.52. The number of likely N-dealkylation sites (tertiary alicyclic amines) is 1. The van der Waals surface area contributed by atoms with Gasteiger partial charge in [-0.1, -0.05) is 0 Å². The minimum Gasteiger partial charge on any atom is -0.463 e. The number of carbonyl (C=O) groups is 3. The van der Waals surface area contributed by atoms with Gasteiger partial charge in [-0.3, -0.25) is 9.59 Å². The molecular formula is C17H28N2O5. The van der Waals surface area contributed by atoms with Crippen LogP contribution in [0.2, 0.25) is 0 Å². The Labute approximate surface area is 143 Å². The molecular weight excluding hydrogens is 312 g/mol. The molecule has 0 aromatic heterocycles. The Hall–Kier alpha value is -1.79. The van der Waals surface area contributed by atoms with Gasteiger partial charge >= 0.3 is 12.1 Å². The quantitative estimate of drug-likeness (QED) is 0.793. The number of nitrogens with zero attached hydrogens (tertiary/aromatic N) is 1. The summed E-state index contributed by atoms with van der Waals surface area (Å²) in [5, 5.41) is 2.68. The lowest BCUT2D eigenvalue weighted by Gasteiger charge is -2.36. The van der Waals surface area contributed by atoms with Crippen molar-refractivity contribution in [3.8, 4) is 0 Å². The van der Waals surface area contributed by atoms with E-state index < -0.39 is 5.60 Å². The lowest BCUT2D eigenvalue weighted by atomic mass is 9.99. The van der Waals surface area contributed by atoms with Crippen LogP contribution in [0.4, 0.5) is 4.79 Å². The largest absolute Gasteiger partial charge is 0.463 e. The van der Waals surface area contributed by atoms with Crippen molar-refractivity contribution in [2.24, 2.45) is 5.92 Å². The fourth-order valence-corrected chi connectivity index (χ4v) is 2.96. The van der Waals surface area contributed by atoms with Gasteiger partial charge in [0.05, 0.1) is 12.0 Å². The number of nitrogens with one attached hydrogen (secondary N) is 1. The van der Waals surface area contributed by atoms with E-state index in [1.807, 2.05) is 20.8 Å². The molecule has 0 radical (unpaired) electrons. The molecule has 2 heterocycles. The van der Waals surface area contributed by atoms with E-state index in [0.29, 0.717) is 25.9 Å². The summed E-state index contributed by atoms with van der Waals surface area (Å²) in [6, 6.07) is -0.143. The summed E-state index contributed by atoms with van der Waals surface area (Å²) < 4.78 is 10.9. The highest BCUT2D eigenvalue weighted by atomic mass is 16.6. The molecule has 2 aliphatic heterocycles. The predicted molar refractivity (Wildman–Crippen MR) is 87.3 cm³/mol. The Kier molecular flexibility index (Phi) is 6.07. The summed E-state index contributed by atoms with van der Waals surface area (Å²) in [5.41, 5.74) is -0.546. The molecule has 0 unspecified atom stereocenters. The van der Waals surface area contributed by atoms with Crippen molar-refractivity contribution in [2.45, 2.75) is 64.5 Å². The van der Waals surface area contributed by atoms with Crippen molar-refractivity contribution in [1.82, 2.24) is 10.2 Å². The molecule has 0 spiro atoms. The van der Waals surface area contributed by atoms with Gasteiger partial charge < -0.3 is 19.7 Å². The Balaban J connectivity index is 1.85. The predicted octanol–water partition coefficient (Wildman–Crippen LogP) is 1.85. The molecule has 7 nitrogen and oxygen atoms in total. The molecule has 2 saturated heterocycles. The van der Waals surface area contributed by atoms with Gasteiger partial charge in [-0.15, -0.1) is 0 Å². The highest BCUT2D eigenvalue weighted by molar-refractivity contribution is 5.81. The normalized spacial score (nSPS) is 25.0. The number of esters is 1. The van der Waals surface area contributed by atoms with Crippen LogP contribution in [0.3, 0.4) is 0 Å². The van der Waals surface area contributed by atoms with Crippen LogP contribution in [-0.2, 0) is 19.1 Å². The highest BCUT2D eigenvalue weighted by Crippen LogP contribution is 2.21. The maximum atomic E-state index is 12.3. The lowest BCUT2D eigenvalue weighted by Crippen LogP contribution is -2.48. The van der Waals surface area contributed by atoms with E-state index in [4.69, 9.17) is 9.47 Å². The molecule has 0 aliphatic carbocycles. The molecule has 2 aliphatic rings. The first-order valence-corrected chi connectivity index (χ1v) is 8.69. The van der Waals surface area contributed by atoms with Crippen molar-refractivity contribution < 1.29 is 23.9 Å². The van der Waals surface area contributed by atoms with Crippen molar-refractivity contribution >= 4 is 18.0 Å². The van der Waals surface area contributed by atoms with Crippen molar-refractivity contribution in [3.05, 3.63) is 0 Å². The molecule has 24 heavy (non-hydrogen) atoms. The van der Waals surface area contributed by atoms with Crippen LogP contribution in [0.5, 0.6) is 0 Å². The molecule has 0 aromatic rings. The van der Waals surface area contributed by atoms with E-state index in [0.717, 1.165) is 19.3 Å². The van der Waals surface area contributed by atoms with Gasteiger partial charge in [-0.05, 0) is 46.5 Å². The SMILES string of the molecule is CC(C)(C)OC(=O)N1CCCC[C@H]1COC(=O)[C@@H]1CCC(=O)NC1. The summed E-state index contributed by atoms with van der Waals surface area (Å²) in [4.78, 5) is 37.3. The molecule has 0 saturated carbocycles. The Morgan fingerprint density at radius 2 is 2.00 bits per heavy atom. The summed E-state index contributed by atoms with van der Waals surface area (Å²) in [6.45, 7) is 6.64. The van der Waals surface area contributed by atoms with Crippen LogP contribution in [-0.4, -0.2) is 54.2 Å². The lowest BCUT2D eigenvalue weighted by molar-refractivity contribution is -0.152. The van der Waals surface area contributed by atoms with Crippen molar-refractivity contribution in [2.75, 3.05) is 19.7 Å². The Bertz CT molecular complexity index is 476. The van der Waals surface area contributed by atoms with Crippen LogP contribution in [0, 0.1) is 5.92 Å². The average molecular weight is 340 g/mol. The smallest absolute Gasteiger partial charge is 0.410 e. The summed E-state index contributed by atoms with van der Waals surface area (Å²) in [5.74, 6) is -0.617. The van der Waals surface area contributed by atoms with Gasteiger partial charge in [0.1, 0.15) is 12.2 Å². The molecule has 2 fully saturated rings. The van der Waals surface area contributed by atoms with Gasteiger partial charge in [-0.2, -0.15) is 0 Å². The number of ether oxygens (including phenoxy) is 2. The number of carbonyl (C=O) groups excluding carboxylic acids is 3. The topological polar surface area (TPSA) is 84.9 Å². The van der Waals surface area contributed by atoms with E-state index in [2.05, 4.69) is 5.32 Å². The Morgan fingerprint density at radius 3 is 2.62 bits per heavy atom. The van der Waals surface area contributed by atoms with E-state index in [9.17, 15) is 14.4 Å². The van der Waals surface area contributed by atoms with Crippen LogP contribution in [0.15, 0.2) is 0 Å². The van der Waals surface area contributed by atoms with Crippen LogP contribution in [0.1, 0.15) is 52.9 Å². The molecule has 7 heteroatoms. The first-order chi connectivity index (χ1) is 11.3. The number of hydrogen-bond acceptors (Lipinski definition) is 5. The number of amides is 2. The van der Waals surface area contributed by atoms with E-state index >= 15 is 0 Å².